The first-order valence-corrected chi connectivity index (χ1v) is 10.7. The van der Waals surface area contributed by atoms with Crippen molar-refractivity contribution < 1.29 is 22.9 Å². The molecule has 1 N–H and O–H groups in total. The Balaban J connectivity index is 1.56. The molecule has 10 heteroatoms. The number of aromatic nitrogens is 1. The van der Waals surface area contributed by atoms with E-state index in [9.17, 15) is 28.1 Å². The maximum atomic E-state index is 12.9. The normalized spacial score (nSPS) is 13.7. The molecule has 0 bridgehead atoms. The molecule has 0 saturated carbocycles. The van der Waals surface area contributed by atoms with Gasteiger partial charge in [-0.25, -0.2) is 0 Å². The molecule has 2 heterocycles. The van der Waals surface area contributed by atoms with Gasteiger partial charge in [0.2, 0.25) is 0 Å². The highest BCUT2D eigenvalue weighted by Gasteiger charge is 2.30. The molecule has 1 saturated heterocycles. The van der Waals surface area contributed by atoms with Crippen LogP contribution >= 0.6 is 0 Å². The summed E-state index contributed by atoms with van der Waals surface area (Å²) in [6, 6.07) is 12.4. The monoisotopic (exact) mass is 470 g/mol. The summed E-state index contributed by atoms with van der Waals surface area (Å²) in [4.78, 5) is 30.2. The minimum atomic E-state index is -4.47. The number of alkyl halides is 3. The van der Waals surface area contributed by atoms with Crippen LogP contribution in [0.15, 0.2) is 60.8 Å². The van der Waals surface area contributed by atoms with Crippen molar-refractivity contribution in [2.45, 2.75) is 25.6 Å². The smallest absolute Gasteiger partial charge is 0.372 e. The van der Waals surface area contributed by atoms with Gasteiger partial charge in [-0.05, 0) is 54.8 Å². The van der Waals surface area contributed by atoms with Gasteiger partial charge in [-0.3, -0.25) is 19.9 Å². The Hall–Kier alpha value is -3.95. The predicted molar refractivity (Wildman–Crippen MR) is 120 cm³/mol. The van der Waals surface area contributed by atoms with E-state index in [1.54, 1.807) is 12.1 Å². The van der Waals surface area contributed by atoms with Crippen LogP contribution in [0.3, 0.4) is 0 Å². The SMILES string of the molecule is O=C(NCc1cccc(C(F)(F)F)c1)c1ccnc(-c2cc(N3CCCC3)ccc2[N+](=O)[O-])c1. The average molecular weight is 470 g/mol. The highest BCUT2D eigenvalue weighted by Crippen LogP contribution is 2.34. The average Bonchev–Trinajstić information content (AvgIpc) is 3.37. The number of nitrogens with one attached hydrogen (secondary N) is 1. The van der Waals surface area contributed by atoms with Crippen LogP contribution in [-0.4, -0.2) is 28.9 Å². The Morgan fingerprint density at radius 2 is 1.85 bits per heavy atom. The number of nitrogens with zero attached hydrogens (tertiary/aromatic N) is 3. The van der Waals surface area contributed by atoms with Gasteiger partial charge in [-0.1, -0.05) is 12.1 Å². The molecule has 0 aliphatic carbocycles. The lowest BCUT2D eigenvalue weighted by atomic mass is 10.1. The van der Waals surface area contributed by atoms with Crippen molar-refractivity contribution in [2.75, 3.05) is 18.0 Å². The summed E-state index contributed by atoms with van der Waals surface area (Å²) < 4.78 is 38.7. The molecule has 176 valence electrons. The second-order valence-electron chi connectivity index (χ2n) is 7.96. The second kappa shape index (κ2) is 9.50. The van der Waals surface area contributed by atoms with Crippen LogP contribution in [0.4, 0.5) is 24.5 Å². The largest absolute Gasteiger partial charge is 0.416 e. The molecular formula is C24H21F3N4O3. The molecule has 4 rings (SSSR count). The maximum Gasteiger partial charge on any atom is 0.416 e. The third kappa shape index (κ3) is 5.16. The summed E-state index contributed by atoms with van der Waals surface area (Å²) in [5.74, 6) is -0.528. The fourth-order valence-electron chi connectivity index (χ4n) is 3.92. The van der Waals surface area contributed by atoms with Gasteiger partial charge in [0.05, 0.1) is 21.7 Å². The highest BCUT2D eigenvalue weighted by atomic mass is 19.4. The Bertz CT molecular complexity index is 1220. The molecular weight excluding hydrogens is 449 g/mol. The fourth-order valence-corrected chi connectivity index (χ4v) is 3.92. The van der Waals surface area contributed by atoms with Gasteiger partial charge in [-0.2, -0.15) is 13.2 Å². The van der Waals surface area contributed by atoms with Crippen molar-refractivity contribution in [1.29, 1.82) is 0 Å². The molecule has 7 nitrogen and oxygen atoms in total. The molecule has 34 heavy (non-hydrogen) atoms. The van der Waals surface area contributed by atoms with E-state index >= 15 is 0 Å². The molecule has 1 aliphatic rings. The first-order valence-electron chi connectivity index (χ1n) is 10.7. The summed E-state index contributed by atoms with van der Waals surface area (Å²) in [5, 5.41) is 14.2. The minimum Gasteiger partial charge on any atom is -0.372 e. The Morgan fingerprint density at radius 1 is 1.09 bits per heavy atom. The molecule has 1 aliphatic heterocycles. The van der Waals surface area contributed by atoms with Crippen molar-refractivity contribution in [2.24, 2.45) is 0 Å². The topological polar surface area (TPSA) is 88.4 Å². The zero-order valence-electron chi connectivity index (χ0n) is 18.0. The van der Waals surface area contributed by atoms with Crippen LogP contribution < -0.4 is 10.2 Å². The highest BCUT2D eigenvalue weighted by molar-refractivity contribution is 5.95. The molecule has 1 aromatic heterocycles. The summed E-state index contributed by atoms with van der Waals surface area (Å²) in [6.07, 6.45) is -1.00. The Labute approximate surface area is 193 Å². The number of hydrogen-bond acceptors (Lipinski definition) is 5. The second-order valence-corrected chi connectivity index (χ2v) is 7.96. The molecule has 1 fully saturated rings. The van der Waals surface area contributed by atoms with Gasteiger partial charge >= 0.3 is 6.18 Å². The number of nitro groups is 1. The van der Waals surface area contributed by atoms with Crippen LogP contribution in [0, 0.1) is 10.1 Å². The summed E-state index contributed by atoms with van der Waals surface area (Å²) in [6.45, 7) is 1.62. The van der Waals surface area contributed by atoms with Crippen LogP contribution in [0.5, 0.6) is 0 Å². The molecule has 0 radical (unpaired) electrons. The van der Waals surface area contributed by atoms with E-state index in [2.05, 4.69) is 15.2 Å². The van der Waals surface area contributed by atoms with Crippen molar-refractivity contribution in [3.05, 3.63) is 87.6 Å². The Kier molecular flexibility index (Phi) is 6.49. The van der Waals surface area contributed by atoms with Crippen LogP contribution in [0.25, 0.3) is 11.3 Å². The van der Waals surface area contributed by atoms with Crippen molar-refractivity contribution >= 4 is 17.3 Å². The number of pyridine rings is 1. The fraction of sp³-hybridized carbons (Fsp3) is 0.250. The molecule has 2 aromatic carbocycles. The summed E-state index contributed by atoms with van der Waals surface area (Å²) in [5.41, 5.74) is 0.970. The van der Waals surface area contributed by atoms with Gasteiger partial charge in [0.1, 0.15) is 0 Å². The number of benzene rings is 2. The van der Waals surface area contributed by atoms with Gasteiger partial charge in [0, 0.05) is 43.1 Å². The molecule has 3 aromatic rings. The number of nitro benzene ring substituents is 1. The quantitative estimate of drug-likeness (QED) is 0.395. The number of carbonyl (C=O) groups is 1. The standard InChI is InChI=1S/C24H21F3N4O3/c25-24(26,27)18-5-3-4-16(12-18)15-29-23(32)17-8-9-28-21(13-17)20-14-19(30-10-1-2-11-30)6-7-22(20)31(33)34/h3-9,12-14H,1-2,10-11,15H2,(H,29,32). The number of halogens is 3. The first kappa shape index (κ1) is 23.2. The van der Waals surface area contributed by atoms with E-state index in [4.69, 9.17) is 0 Å². The van der Waals surface area contributed by atoms with E-state index in [0.29, 0.717) is 11.1 Å². The summed E-state index contributed by atoms with van der Waals surface area (Å²) in [7, 11) is 0. The lowest BCUT2D eigenvalue weighted by Gasteiger charge is -2.18. The predicted octanol–water partition coefficient (Wildman–Crippen LogP) is 5.21. The van der Waals surface area contributed by atoms with Gasteiger partial charge in [0.25, 0.3) is 11.6 Å². The lowest BCUT2D eigenvalue weighted by molar-refractivity contribution is -0.384. The van der Waals surface area contributed by atoms with Crippen molar-refractivity contribution in [3.63, 3.8) is 0 Å². The molecule has 1 amide bonds. The lowest BCUT2D eigenvalue weighted by Crippen LogP contribution is -2.23. The number of carbonyl (C=O) groups excluding carboxylic acids is 1. The zero-order valence-corrected chi connectivity index (χ0v) is 18.0. The minimum absolute atomic E-state index is 0.106. The van der Waals surface area contributed by atoms with E-state index < -0.39 is 22.6 Å². The van der Waals surface area contributed by atoms with E-state index in [-0.39, 0.29) is 23.5 Å². The van der Waals surface area contributed by atoms with E-state index in [0.717, 1.165) is 43.8 Å². The van der Waals surface area contributed by atoms with Crippen LogP contribution in [0.2, 0.25) is 0 Å². The third-order valence-electron chi connectivity index (χ3n) is 5.65. The van der Waals surface area contributed by atoms with Crippen LogP contribution in [-0.2, 0) is 12.7 Å². The molecule has 0 atom stereocenters. The zero-order chi connectivity index (χ0) is 24.3. The molecule has 0 spiro atoms. The summed E-state index contributed by atoms with van der Waals surface area (Å²) >= 11 is 0. The van der Waals surface area contributed by atoms with Crippen molar-refractivity contribution in [3.8, 4) is 11.3 Å². The van der Waals surface area contributed by atoms with Gasteiger partial charge in [-0.15, -0.1) is 0 Å². The number of amides is 1. The van der Waals surface area contributed by atoms with E-state index in [1.165, 1.54) is 36.5 Å². The Morgan fingerprint density at radius 3 is 2.56 bits per heavy atom. The molecule has 0 unspecified atom stereocenters. The van der Waals surface area contributed by atoms with Gasteiger partial charge in [0.15, 0.2) is 0 Å². The first-order chi connectivity index (χ1) is 16.2. The maximum absolute atomic E-state index is 12.9. The third-order valence-corrected chi connectivity index (χ3v) is 5.65. The van der Waals surface area contributed by atoms with E-state index in [1.807, 2.05) is 0 Å². The van der Waals surface area contributed by atoms with Gasteiger partial charge < -0.3 is 10.2 Å². The number of anilines is 1. The number of rotatable bonds is 6. The number of hydrogen-bond donors (Lipinski definition) is 1. The van der Waals surface area contributed by atoms with Crippen molar-refractivity contribution in [1.82, 2.24) is 10.3 Å². The van der Waals surface area contributed by atoms with Crippen LogP contribution in [0.1, 0.15) is 34.3 Å².